The Labute approximate surface area is 159 Å². The summed E-state index contributed by atoms with van der Waals surface area (Å²) in [5, 5.41) is 0. The van der Waals surface area contributed by atoms with Crippen molar-refractivity contribution in [3.05, 3.63) is 65.7 Å². The minimum Gasteiger partial charge on any atom is -0.335 e. The van der Waals surface area contributed by atoms with Gasteiger partial charge in [0, 0.05) is 18.7 Å². The van der Waals surface area contributed by atoms with Crippen molar-refractivity contribution in [3.8, 4) is 0 Å². The van der Waals surface area contributed by atoms with Gasteiger partial charge in [0.05, 0.1) is 17.4 Å². The molecule has 2 aromatic rings. The van der Waals surface area contributed by atoms with Gasteiger partial charge in [-0.3, -0.25) is 9.59 Å². The summed E-state index contributed by atoms with van der Waals surface area (Å²) in [5.41, 5.74) is 1.58. The summed E-state index contributed by atoms with van der Waals surface area (Å²) in [6, 6.07) is 15.9. The van der Waals surface area contributed by atoms with Gasteiger partial charge in [0.25, 0.3) is 5.91 Å². The van der Waals surface area contributed by atoms with Crippen molar-refractivity contribution in [2.75, 3.05) is 16.6 Å². The molecule has 1 atom stereocenters. The van der Waals surface area contributed by atoms with Crippen molar-refractivity contribution in [2.45, 2.75) is 20.4 Å². The molecule has 2 aromatic carbocycles. The van der Waals surface area contributed by atoms with Crippen LogP contribution in [0.4, 0.5) is 5.69 Å². The number of nitrogens with zero attached hydrogens (tertiary/aromatic N) is 2. The molecule has 1 aliphatic heterocycles. The maximum atomic E-state index is 12.9. The van der Waals surface area contributed by atoms with E-state index in [0.717, 1.165) is 9.87 Å². The molecular formula is C20H22N2O4S. The maximum Gasteiger partial charge on any atom is 0.254 e. The number of sulfonamides is 1. The van der Waals surface area contributed by atoms with Crippen LogP contribution in [-0.2, 0) is 21.4 Å². The number of rotatable bonds is 5. The fourth-order valence-electron chi connectivity index (χ4n) is 3.17. The van der Waals surface area contributed by atoms with Gasteiger partial charge in [0.15, 0.2) is 0 Å². The van der Waals surface area contributed by atoms with E-state index in [9.17, 15) is 18.0 Å². The summed E-state index contributed by atoms with van der Waals surface area (Å²) in [7, 11) is -3.70. The lowest BCUT2D eigenvalue weighted by Gasteiger charge is -2.22. The molecule has 1 saturated heterocycles. The molecule has 6 nitrogen and oxygen atoms in total. The summed E-state index contributed by atoms with van der Waals surface area (Å²) >= 11 is 0. The smallest absolute Gasteiger partial charge is 0.254 e. The highest BCUT2D eigenvalue weighted by Gasteiger charge is 2.42. The highest BCUT2D eigenvalue weighted by Crippen LogP contribution is 2.29. The lowest BCUT2D eigenvalue weighted by Crippen LogP contribution is -2.32. The van der Waals surface area contributed by atoms with Crippen LogP contribution in [0.25, 0.3) is 0 Å². The molecular weight excluding hydrogens is 364 g/mol. The Morgan fingerprint density at radius 1 is 1.15 bits per heavy atom. The Morgan fingerprint density at radius 2 is 1.85 bits per heavy atom. The second-order valence-electron chi connectivity index (χ2n) is 6.64. The van der Waals surface area contributed by atoms with E-state index in [1.54, 1.807) is 24.0 Å². The molecule has 0 bridgehead atoms. The van der Waals surface area contributed by atoms with Crippen LogP contribution in [0.3, 0.4) is 0 Å². The molecule has 1 heterocycles. The third-order valence-electron chi connectivity index (χ3n) is 4.57. The molecule has 2 amide bonds. The SMILES string of the molecule is CCN(Cc1ccccc1)C(=O)c1cccc(N2C(=O)C(C)CS2(=O)=O)c1. The van der Waals surface area contributed by atoms with Crippen molar-refractivity contribution in [2.24, 2.45) is 5.92 Å². The van der Waals surface area contributed by atoms with Gasteiger partial charge in [-0.1, -0.05) is 43.3 Å². The van der Waals surface area contributed by atoms with Gasteiger partial charge in [0.2, 0.25) is 15.9 Å². The summed E-state index contributed by atoms with van der Waals surface area (Å²) in [5.74, 6) is -1.46. The van der Waals surface area contributed by atoms with Crippen molar-refractivity contribution < 1.29 is 18.0 Å². The molecule has 0 aromatic heterocycles. The zero-order valence-corrected chi connectivity index (χ0v) is 16.1. The number of benzene rings is 2. The maximum absolute atomic E-state index is 12.9. The molecule has 1 unspecified atom stereocenters. The normalized spacial score (nSPS) is 18.5. The monoisotopic (exact) mass is 386 g/mol. The first-order valence-electron chi connectivity index (χ1n) is 8.83. The number of hydrogen-bond donors (Lipinski definition) is 0. The minimum absolute atomic E-state index is 0.208. The molecule has 3 rings (SSSR count). The molecule has 0 aliphatic carbocycles. The topological polar surface area (TPSA) is 74.8 Å². The predicted octanol–water partition coefficient (Wildman–Crippen LogP) is 2.66. The van der Waals surface area contributed by atoms with E-state index in [-0.39, 0.29) is 17.3 Å². The molecule has 142 valence electrons. The van der Waals surface area contributed by atoms with Crippen molar-refractivity contribution in [1.82, 2.24) is 4.90 Å². The third kappa shape index (κ3) is 3.88. The van der Waals surface area contributed by atoms with E-state index in [2.05, 4.69) is 0 Å². The zero-order valence-electron chi connectivity index (χ0n) is 15.3. The fraction of sp³-hybridized carbons (Fsp3) is 0.300. The Hall–Kier alpha value is -2.67. The van der Waals surface area contributed by atoms with Gasteiger partial charge >= 0.3 is 0 Å². The van der Waals surface area contributed by atoms with Crippen LogP contribution in [0.5, 0.6) is 0 Å². The van der Waals surface area contributed by atoms with Gasteiger partial charge < -0.3 is 4.90 Å². The van der Waals surface area contributed by atoms with Crippen LogP contribution in [0, 0.1) is 5.92 Å². The zero-order chi connectivity index (χ0) is 19.6. The second-order valence-corrected chi connectivity index (χ2v) is 8.50. The van der Waals surface area contributed by atoms with Gasteiger partial charge in [-0.25, -0.2) is 12.7 Å². The van der Waals surface area contributed by atoms with Gasteiger partial charge in [0.1, 0.15) is 0 Å². The van der Waals surface area contributed by atoms with Crippen LogP contribution in [0.15, 0.2) is 54.6 Å². The van der Waals surface area contributed by atoms with Crippen LogP contribution in [-0.4, -0.2) is 37.4 Å². The molecule has 1 fully saturated rings. The first kappa shape index (κ1) is 19.1. The Kier molecular flexibility index (Phi) is 5.32. The van der Waals surface area contributed by atoms with E-state index < -0.39 is 21.8 Å². The van der Waals surface area contributed by atoms with Crippen LogP contribution in [0.2, 0.25) is 0 Å². The van der Waals surface area contributed by atoms with Crippen molar-refractivity contribution in [3.63, 3.8) is 0 Å². The van der Waals surface area contributed by atoms with Crippen LogP contribution in [0.1, 0.15) is 29.8 Å². The van der Waals surface area contributed by atoms with Crippen LogP contribution < -0.4 is 4.31 Å². The molecule has 0 spiro atoms. The number of amides is 2. The summed E-state index contributed by atoms with van der Waals surface area (Å²) < 4.78 is 25.4. The van der Waals surface area contributed by atoms with Gasteiger partial charge in [-0.15, -0.1) is 0 Å². The Bertz CT molecular complexity index is 957. The molecule has 0 radical (unpaired) electrons. The first-order valence-corrected chi connectivity index (χ1v) is 10.4. The Morgan fingerprint density at radius 3 is 2.44 bits per heavy atom. The first-order chi connectivity index (χ1) is 12.8. The number of carbonyl (C=O) groups is 2. The molecule has 27 heavy (non-hydrogen) atoms. The van der Waals surface area contributed by atoms with Gasteiger partial charge in [-0.05, 0) is 30.7 Å². The summed E-state index contributed by atoms with van der Waals surface area (Å²) in [6.07, 6.45) is 0. The van der Waals surface area contributed by atoms with E-state index >= 15 is 0 Å². The third-order valence-corrected chi connectivity index (χ3v) is 6.44. The number of hydrogen-bond acceptors (Lipinski definition) is 4. The number of carbonyl (C=O) groups excluding carboxylic acids is 2. The molecule has 0 N–H and O–H groups in total. The lowest BCUT2D eigenvalue weighted by molar-refractivity contribution is -0.119. The van der Waals surface area contributed by atoms with Gasteiger partial charge in [-0.2, -0.15) is 0 Å². The van der Waals surface area contributed by atoms with E-state index in [1.807, 2.05) is 37.3 Å². The quantitative estimate of drug-likeness (QED) is 0.792. The van der Waals surface area contributed by atoms with Crippen LogP contribution >= 0.6 is 0 Å². The molecule has 7 heteroatoms. The lowest BCUT2D eigenvalue weighted by atomic mass is 10.1. The van der Waals surface area contributed by atoms with E-state index in [1.165, 1.54) is 12.1 Å². The largest absolute Gasteiger partial charge is 0.335 e. The van der Waals surface area contributed by atoms with Crippen molar-refractivity contribution in [1.29, 1.82) is 0 Å². The standard InChI is InChI=1S/C20H22N2O4S/c1-3-21(13-16-8-5-4-6-9-16)20(24)17-10-7-11-18(12-17)22-19(23)15(2)14-27(22,25)26/h4-12,15H,3,13-14H2,1-2H3. The average Bonchev–Trinajstić information content (AvgIpc) is 2.87. The highest BCUT2D eigenvalue weighted by atomic mass is 32.2. The second kappa shape index (κ2) is 7.52. The molecule has 1 aliphatic rings. The Balaban J connectivity index is 1.88. The highest BCUT2D eigenvalue weighted by molar-refractivity contribution is 7.94. The average molecular weight is 386 g/mol. The fourth-order valence-corrected chi connectivity index (χ4v) is 4.98. The van der Waals surface area contributed by atoms with E-state index in [4.69, 9.17) is 0 Å². The minimum atomic E-state index is -3.70. The van der Waals surface area contributed by atoms with E-state index in [0.29, 0.717) is 18.7 Å². The summed E-state index contributed by atoms with van der Waals surface area (Å²) in [4.78, 5) is 26.9. The number of anilines is 1. The molecule has 0 saturated carbocycles. The predicted molar refractivity (Wildman–Crippen MR) is 104 cm³/mol. The summed E-state index contributed by atoms with van der Waals surface area (Å²) in [6.45, 7) is 4.45. The van der Waals surface area contributed by atoms with Crippen molar-refractivity contribution >= 4 is 27.5 Å².